The van der Waals surface area contributed by atoms with Gasteiger partial charge in [-0.3, -0.25) is 0 Å². The van der Waals surface area contributed by atoms with Crippen molar-refractivity contribution in [1.82, 2.24) is 0 Å². The van der Waals surface area contributed by atoms with Gasteiger partial charge in [0.1, 0.15) is 5.58 Å². The second-order valence-electron chi connectivity index (χ2n) is 10.3. The molecule has 0 fully saturated rings. The van der Waals surface area contributed by atoms with E-state index in [9.17, 15) is 0 Å². The molecule has 0 aliphatic rings. The van der Waals surface area contributed by atoms with E-state index < -0.39 is 7.10 Å². The fourth-order valence-corrected chi connectivity index (χ4v) is 10.3. The smallest absolute Gasteiger partial charge is 0.181 e. The minimum atomic E-state index is -1.12. The lowest BCUT2D eigenvalue weighted by Gasteiger charge is -2.33. The van der Waals surface area contributed by atoms with E-state index in [1.54, 1.807) is 0 Å². The van der Waals surface area contributed by atoms with Crippen molar-refractivity contribution in [2.45, 2.75) is 25.9 Å². The monoisotopic (exact) mass is 555 g/mol. The van der Waals surface area contributed by atoms with E-state index in [0.717, 1.165) is 5.58 Å². The number of fused-ring (bicyclic) bond motifs is 7. The zero-order chi connectivity index (χ0) is 27.1. The molecule has 6 aromatic carbocycles. The van der Waals surface area contributed by atoms with E-state index in [0.29, 0.717) is 0 Å². The van der Waals surface area contributed by atoms with Crippen LogP contribution >= 0.6 is 18.0 Å². The molecule has 0 saturated heterocycles. The number of nitrogens with zero attached hydrogens (tertiary/aromatic N) is 1. The van der Waals surface area contributed by atoms with E-state index in [2.05, 4.69) is 152 Å². The molecule has 4 heteroatoms. The van der Waals surface area contributed by atoms with Gasteiger partial charge in [-0.05, 0) is 58.7 Å². The SMILES string of the molecule is C[C@H](c1ccccc1)N([C@@H](C)c1ccccc1)p1oc2ccc3ccccc3c2c2c(ccc3ccccc32)s1. The Hall–Kier alpha value is -3.88. The van der Waals surface area contributed by atoms with Crippen LogP contribution in [0.4, 0.5) is 0 Å². The van der Waals surface area contributed by atoms with Gasteiger partial charge in [-0.1, -0.05) is 132 Å². The molecule has 1 unspecified atom stereocenters. The van der Waals surface area contributed by atoms with Crippen LogP contribution in [0.5, 0.6) is 0 Å². The van der Waals surface area contributed by atoms with Gasteiger partial charge in [-0.2, -0.15) is 0 Å². The van der Waals surface area contributed by atoms with Gasteiger partial charge >= 0.3 is 0 Å². The Kier molecular flexibility index (Phi) is 6.65. The van der Waals surface area contributed by atoms with Gasteiger partial charge in [0.25, 0.3) is 0 Å². The maximum atomic E-state index is 7.20. The first-order chi connectivity index (χ1) is 19.7. The quantitative estimate of drug-likeness (QED) is 0.210. The lowest BCUT2D eigenvalue weighted by molar-refractivity contribution is 0.606. The number of rotatable bonds is 5. The van der Waals surface area contributed by atoms with E-state index >= 15 is 0 Å². The standard InChI is InChI=1S/C36H30NOPS/c1-25(27-13-5-3-6-14-27)37(26(2)28-15-7-4-8-16-28)39-38-33-23-21-29-17-9-11-19-31(29)35(33)36-32-20-12-10-18-30(32)22-24-34(36)40-39/h3-26H,1-2H3/t25-,26+,39?. The normalized spacial score (nSPS) is 13.7. The molecule has 2 nitrogen and oxygen atoms in total. The summed E-state index contributed by atoms with van der Waals surface area (Å²) in [6.45, 7) is 4.63. The highest BCUT2D eigenvalue weighted by molar-refractivity contribution is 7.90. The minimum absolute atomic E-state index is 0.154. The summed E-state index contributed by atoms with van der Waals surface area (Å²) in [6, 6.07) is 48.3. The van der Waals surface area contributed by atoms with Crippen molar-refractivity contribution in [2.75, 3.05) is 4.67 Å². The summed E-state index contributed by atoms with van der Waals surface area (Å²) in [6.07, 6.45) is 0. The van der Waals surface area contributed by atoms with Crippen LogP contribution < -0.4 is 4.67 Å². The zero-order valence-corrected chi connectivity index (χ0v) is 24.3. The van der Waals surface area contributed by atoms with Crippen molar-refractivity contribution in [3.05, 3.63) is 145 Å². The average Bonchev–Trinajstić information content (AvgIpc) is 3.19. The molecule has 3 atom stereocenters. The van der Waals surface area contributed by atoms with E-state index in [4.69, 9.17) is 4.20 Å². The molecule has 7 rings (SSSR count). The van der Waals surface area contributed by atoms with Gasteiger partial charge in [0.15, 0.2) is 7.10 Å². The maximum Gasteiger partial charge on any atom is 0.181 e. The summed E-state index contributed by atoms with van der Waals surface area (Å²) in [5, 5.41) is 7.45. The molecule has 196 valence electrons. The van der Waals surface area contributed by atoms with E-state index in [1.165, 1.54) is 48.1 Å². The Balaban J connectivity index is 1.60. The van der Waals surface area contributed by atoms with Gasteiger partial charge in [0.2, 0.25) is 0 Å². The average molecular weight is 556 g/mol. The van der Waals surface area contributed by atoms with Gasteiger partial charge in [0, 0.05) is 27.6 Å². The molecule has 0 aliphatic heterocycles. The van der Waals surface area contributed by atoms with Crippen LogP contribution in [0.15, 0.2) is 138 Å². The third-order valence-electron chi connectivity index (χ3n) is 7.93. The van der Waals surface area contributed by atoms with Crippen LogP contribution in [0.25, 0.3) is 42.6 Å². The van der Waals surface area contributed by atoms with Crippen molar-refractivity contribution in [3.63, 3.8) is 0 Å². The summed E-state index contributed by atoms with van der Waals surface area (Å²) in [5.74, 6) is 0. The summed E-state index contributed by atoms with van der Waals surface area (Å²) >= 11 is 0. The molecule has 0 amide bonds. The highest BCUT2D eigenvalue weighted by atomic mass is 32.5. The first-order valence-electron chi connectivity index (χ1n) is 13.8. The molecule has 1 aromatic heterocycles. The Morgan fingerprint density at radius 2 is 1.05 bits per heavy atom. The first-order valence-corrected chi connectivity index (χ1v) is 16.4. The van der Waals surface area contributed by atoms with Gasteiger partial charge < -0.3 is 4.20 Å². The molecule has 0 radical (unpaired) electrons. The molecule has 40 heavy (non-hydrogen) atoms. The van der Waals surface area contributed by atoms with Crippen molar-refractivity contribution in [3.8, 4) is 0 Å². The van der Waals surface area contributed by atoms with E-state index in [1.807, 2.05) is 10.9 Å². The van der Waals surface area contributed by atoms with Gasteiger partial charge in [-0.25, -0.2) is 4.67 Å². The summed E-state index contributed by atoms with van der Waals surface area (Å²) in [7, 11) is 0.759. The second-order valence-corrected chi connectivity index (χ2v) is 13.5. The zero-order valence-electron chi connectivity index (χ0n) is 22.6. The van der Waals surface area contributed by atoms with Crippen molar-refractivity contribution < 1.29 is 4.20 Å². The number of benzene rings is 6. The summed E-state index contributed by atoms with van der Waals surface area (Å²) < 4.78 is 11.1. The molecular weight excluding hydrogens is 525 g/mol. The highest BCUT2D eigenvalue weighted by Crippen LogP contribution is 2.51. The molecule has 0 N–H and O–H groups in total. The predicted octanol–water partition coefficient (Wildman–Crippen LogP) is 11.5. The Morgan fingerprint density at radius 1 is 0.550 bits per heavy atom. The van der Waals surface area contributed by atoms with Crippen LogP contribution in [0.1, 0.15) is 37.1 Å². The fourth-order valence-electron chi connectivity index (χ4n) is 5.84. The van der Waals surface area contributed by atoms with Crippen LogP contribution in [0, 0.1) is 0 Å². The van der Waals surface area contributed by atoms with Crippen molar-refractivity contribution in [2.24, 2.45) is 0 Å². The molecular formula is C36H30NOPS. The molecule has 7 aromatic rings. The first kappa shape index (κ1) is 25.1. The van der Waals surface area contributed by atoms with Gasteiger partial charge in [0.05, 0.1) is 0 Å². The predicted molar refractivity (Wildman–Crippen MR) is 175 cm³/mol. The molecule has 1 heterocycles. The Bertz CT molecular complexity index is 1860. The lowest BCUT2D eigenvalue weighted by Crippen LogP contribution is -2.26. The molecule has 0 aliphatic carbocycles. The minimum Gasteiger partial charge on any atom is -0.426 e. The van der Waals surface area contributed by atoms with Crippen LogP contribution in [0.2, 0.25) is 0 Å². The highest BCUT2D eigenvalue weighted by Gasteiger charge is 2.27. The van der Waals surface area contributed by atoms with Crippen LogP contribution in [0.3, 0.4) is 0 Å². The largest absolute Gasteiger partial charge is 0.426 e. The van der Waals surface area contributed by atoms with Crippen LogP contribution in [-0.4, -0.2) is 0 Å². The fraction of sp³-hybridized carbons (Fsp3) is 0.111. The Morgan fingerprint density at radius 3 is 1.65 bits per heavy atom. The van der Waals surface area contributed by atoms with Crippen molar-refractivity contribution >= 4 is 60.6 Å². The third kappa shape index (κ3) is 4.41. The van der Waals surface area contributed by atoms with Crippen LogP contribution in [-0.2, 0) is 0 Å². The Labute approximate surface area is 239 Å². The topological polar surface area (TPSA) is 16.4 Å². The van der Waals surface area contributed by atoms with Crippen molar-refractivity contribution in [1.29, 1.82) is 0 Å². The molecule has 0 spiro atoms. The molecule has 0 saturated carbocycles. The third-order valence-corrected chi connectivity index (χ3v) is 11.9. The second kappa shape index (κ2) is 10.6. The number of hydrogen-bond donors (Lipinski definition) is 0. The van der Waals surface area contributed by atoms with Gasteiger partial charge in [-0.15, -0.1) is 0 Å². The maximum absolute atomic E-state index is 7.20. The summed E-state index contributed by atoms with van der Waals surface area (Å²) in [4.78, 5) is 0. The number of hydrogen-bond acceptors (Lipinski definition) is 3. The summed E-state index contributed by atoms with van der Waals surface area (Å²) in [5.41, 5.74) is 3.54. The lowest BCUT2D eigenvalue weighted by atomic mass is 9.99. The van der Waals surface area contributed by atoms with E-state index in [-0.39, 0.29) is 12.1 Å². The molecule has 0 bridgehead atoms.